The standard InChI is InChI=1S/C38H34N4O4/c43-35-29(23-17-21-3-1-19-5-7-25-31(27(19)21)33(23)41-37(39-25)9-13-45-14-10-37)36(44)30(35)24-18-22-4-2-20-6-8-26-32(28(20)22)34(24)42-38(40-26)11-15-46-16-12-38/h5-8,17-18,39-41,43H,1-4,9-16H2. The van der Waals surface area contributed by atoms with Crippen LogP contribution < -0.4 is 26.5 Å². The van der Waals surface area contributed by atoms with Crippen molar-refractivity contribution in [2.45, 2.75) is 62.7 Å². The van der Waals surface area contributed by atoms with Crippen molar-refractivity contribution in [1.29, 1.82) is 0 Å². The van der Waals surface area contributed by atoms with Crippen LogP contribution in [0, 0.1) is 0 Å². The average molecular weight is 611 g/mol. The Morgan fingerprint density at radius 3 is 2.02 bits per heavy atom. The van der Waals surface area contributed by atoms with E-state index in [9.17, 15) is 9.90 Å². The van der Waals surface area contributed by atoms with Crippen LogP contribution in [0.15, 0.2) is 47.1 Å². The van der Waals surface area contributed by atoms with Crippen LogP contribution in [-0.4, -0.2) is 48.6 Å². The monoisotopic (exact) mass is 610 g/mol. The molecule has 0 saturated carbocycles. The predicted molar refractivity (Wildman–Crippen MR) is 178 cm³/mol. The number of allylic oxidation sites excluding steroid dienone is 2. The lowest BCUT2D eigenvalue weighted by molar-refractivity contribution is -0.109. The van der Waals surface area contributed by atoms with E-state index in [1.165, 1.54) is 33.0 Å². The maximum atomic E-state index is 14.6. The van der Waals surface area contributed by atoms with Crippen LogP contribution in [0.3, 0.4) is 0 Å². The number of aliphatic hydroxyl groups excluding tert-OH is 1. The van der Waals surface area contributed by atoms with Gasteiger partial charge in [-0.15, -0.1) is 0 Å². The van der Waals surface area contributed by atoms with E-state index < -0.39 is 5.66 Å². The summed E-state index contributed by atoms with van der Waals surface area (Å²) >= 11 is 0. The third-order valence-corrected chi connectivity index (χ3v) is 11.8. The molecule has 2 fully saturated rings. The fraction of sp³-hybridized carbons (Fsp3) is 0.368. The van der Waals surface area contributed by atoms with E-state index in [-0.39, 0.29) is 17.2 Å². The van der Waals surface area contributed by atoms with Crippen LogP contribution in [0.5, 0.6) is 0 Å². The quantitative estimate of drug-likeness (QED) is 0.246. The van der Waals surface area contributed by atoms with Crippen LogP contribution in [-0.2, 0) is 40.0 Å². The maximum Gasteiger partial charge on any atom is 0.201 e. The molecule has 7 aliphatic rings. The van der Waals surface area contributed by atoms with E-state index in [0.717, 1.165) is 95.3 Å². The van der Waals surface area contributed by atoms with E-state index in [2.05, 4.69) is 52.3 Å². The van der Waals surface area contributed by atoms with Crippen molar-refractivity contribution in [1.82, 2.24) is 0 Å². The van der Waals surface area contributed by atoms with Gasteiger partial charge in [0.15, 0.2) is 0 Å². The first kappa shape index (κ1) is 25.8. The van der Waals surface area contributed by atoms with E-state index >= 15 is 0 Å². The highest BCUT2D eigenvalue weighted by atomic mass is 16.5. The van der Waals surface area contributed by atoms with Crippen molar-refractivity contribution in [3.05, 3.63) is 80.6 Å². The van der Waals surface area contributed by atoms with E-state index in [0.29, 0.717) is 37.6 Å². The first-order chi connectivity index (χ1) is 22.5. The lowest BCUT2D eigenvalue weighted by atomic mass is 9.78. The molecular formula is C38H34N4O4. The summed E-state index contributed by atoms with van der Waals surface area (Å²) in [4.78, 5) is 19.9. The van der Waals surface area contributed by atoms with Gasteiger partial charge in [0.2, 0.25) is 5.78 Å². The molecule has 4 heterocycles. The maximum absolute atomic E-state index is 14.6. The molecular weight excluding hydrogens is 576 g/mol. The molecule has 2 spiro atoms. The zero-order valence-electron chi connectivity index (χ0n) is 25.6. The number of aliphatic hydroxyl groups is 1. The summed E-state index contributed by atoms with van der Waals surface area (Å²) < 4.78 is 11.5. The third-order valence-electron chi connectivity index (χ3n) is 11.8. The Kier molecular flexibility index (Phi) is 4.86. The number of carbonyl (C=O) groups is 1. The number of benzene rings is 4. The fourth-order valence-corrected chi connectivity index (χ4v) is 9.46. The van der Waals surface area contributed by atoms with Crippen molar-refractivity contribution < 1.29 is 19.4 Å². The minimum Gasteiger partial charge on any atom is -0.506 e. The number of aryl methyl sites for hydroxylation is 4. The number of ketones is 1. The van der Waals surface area contributed by atoms with E-state index in [1.807, 2.05) is 0 Å². The van der Waals surface area contributed by atoms with Gasteiger partial charge in [-0.2, -0.15) is 0 Å². The Bertz CT molecular complexity index is 2290. The molecule has 0 unspecified atom stereocenters. The SMILES string of the molecule is O=C1C(c2cc3c4c(ccc5c4c2NC2(CCOCC2)N5)CC3)=C(O)C1=c1cc2c3c(ccc4c3c1=NC1(CCOCC1)N4)CC2. The number of Topliss-reactive ketones (excluding diaryl/α,β-unsaturated/α-hetero) is 1. The molecule has 2 saturated heterocycles. The smallest absolute Gasteiger partial charge is 0.201 e. The zero-order valence-corrected chi connectivity index (χ0v) is 25.6. The van der Waals surface area contributed by atoms with Gasteiger partial charge in [0, 0.05) is 58.6 Å². The number of nitrogens with zero attached hydrogens (tertiary/aromatic N) is 1. The summed E-state index contributed by atoms with van der Waals surface area (Å²) in [5.41, 5.74) is 9.04. The molecule has 4 aliphatic heterocycles. The normalized spacial score (nSPS) is 23.8. The number of rotatable bonds is 1. The second-order valence-corrected chi connectivity index (χ2v) is 14.2. The predicted octanol–water partition coefficient (Wildman–Crippen LogP) is 4.79. The van der Waals surface area contributed by atoms with Crippen molar-refractivity contribution in [3.8, 4) is 0 Å². The summed E-state index contributed by atoms with van der Waals surface area (Å²) in [6, 6.07) is 13.2. The Labute approximate surface area is 265 Å². The molecule has 4 aromatic rings. The highest BCUT2D eigenvalue weighted by Gasteiger charge is 2.44. The third kappa shape index (κ3) is 3.21. The molecule has 0 radical (unpaired) electrons. The van der Waals surface area contributed by atoms with Gasteiger partial charge in [0.25, 0.3) is 0 Å². The second kappa shape index (κ2) is 8.69. The summed E-state index contributed by atoms with van der Waals surface area (Å²) in [6.07, 6.45) is 6.95. The first-order valence-corrected chi connectivity index (χ1v) is 16.8. The molecule has 8 nitrogen and oxygen atoms in total. The molecule has 4 aromatic carbocycles. The number of hydrogen-bond acceptors (Lipinski definition) is 8. The number of carbonyl (C=O) groups excluding carboxylic acids is 1. The van der Waals surface area contributed by atoms with Gasteiger partial charge in [-0.25, -0.2) is 0 Å². The van der Waals surface area contributed by atoms with Crippen LogP contribution in [0.2, 0.25) is 0 Å². The van der Waals surface area contributed by atoms with Gasteiger partial charge in [-0.1, -0.05) is 12.1 Å². The van der Waals surface area contributed by atoms with Gasteiger partial charge in [-0.05, 0) is 83.0 Å². The molecule has 0 atom stereocenters. The van der Waals surface area contributed by atoms with Gasteiger partial charge in [-0.3, -0.25) is 9.79 Å². The minimum absolute atomic E-state index is 0.0816. The molecule has 11 rings (SSSR count). The first-order valence-electron chi connectivity index (χ1n) is 16.8. The Balaban J connectivity index is 1.18. The van der Waals surface area contributed by atoms with E-state index in [4.69, 9.17) is 14.5 Å². The molecule has 230 valence electrons. The molecule has 4 N–H and O–H groups in total. The largest absolute Gasteiger partial charge is 0.506 e. The summed E-state index contributed by atoms with van der Waals surface area (Å²) in [7, 11) is 0. The van der Waals surface area contributed by atoms with E-state index in [1.54, 1.807) is 0 Å². The summed E-state index contributed by atoms with van der Waals surface area (Å²) in [5.74, 6) is -0.0243. The van der Waals surface area contributed by atoms with Gasteiger partial charge in [0.1, 0.15) is 17.1 Å². The van der Waals surface area contributed by atoms with Crippen molar-refractivity contribution in [2.24, 2.45) is 4.99 Å². The molecule has 46 heavy (non-hydrogen) atoms. The number of nitrogens with one attached hydrogen (secondary N) is 3. The number of ether oxygens (including phenoxy) is 2. The average Bonchev–Trinajstić information content (AvgIpc) is 3.69. The lowest BCUT2D eigenvalue weighted by Gasteiger charge is -2.45. The number of anilines is 3. The Morgan fingerprint density at radius 1 is 0.674 bits per heavy atom. The Morgan fingerprint density at radius 2 is 1.30 bits per heavy atom. The zero-order chi connectivity index (χ0) is 30.4. The summed E-state index contributed by atoms with van der Waals surface area (Å²) in [6.45, 7) is 2.60. The molecule has 0 bridgehead atoms. The topological polar surface area (TPSA) is 104 Å². The Hall–Kier alpha value is -4.40. The van der Waals surface area contributed by atoms with Crippen molar-refractivity contribution >= 4 is 55.5 Å². The van der Waals surface area contributed by atoms with Crippen LogP contribution in [0.1, 0.15) is 53.5 Å². The molecule has 8 heteroatoms. The second-order valence-electron chi connectivity index (χ2n) is 14.2. The highest BCUT2D eigenvalue weighted by molar-refractivity contribution is 6.52. The lowest BCUT2D eigenvalue weighted by Crippen LogP contribution is -2.52. The molecule has 0 aromatic heterocycles. The highest BCUT2D eigenvalue weighted by Crippen LogP contribution is 2.51. The van der Waals surface area contributed by atoms with Gasteiger partial charge >= 0.3 is 0 Å². The van der Waals surface area contributed by atoms with Crippen LogP contribution in [0.4, 0.5) is 17.1 Å². The van der Waals surface area contributed by atoms with Crippen LogP contribution >= 0.6 is 0 Å². The molecule has 0 amide bonds. The summed E-state index contributed by atoms with van der Waals surface area (Å²) in [5, 5.41) is 29.9. The van der Waals surface area contributed by atoms with Crippen molar-refractivity contribution in [3.63, 3.8) is 0 Å². The molecule has 3 aliphatic carbocycles. The van der Waals surface area contributed by atoms with Gasteiger partial charge < -0.3 is 30.5 Å². The van der Waals surface area contributed by atoms with Crippen LogP contribution in [0.25, 0.3) is 32.7 Å². The minimum atomic E-state index is -0.477. The van der Waals surface area contributed by atoms with Crippen molar-refractivity contribution in [2.75, 3.05) is 42.4 Å². The number of hydrogen-bond donors (Lipinski definition) is 4. The van der Waals surface area contributed by atoms with Gasteiger partial charge in [0.05, 0.1) is 48.6 Å². The fourth-order valence-electron chi connectivity index (χ4n) is 9.46.